The summed E-state index contributed by atoms with van der Waals surface area (Å²) >= 11 is 8.57. The zero-order valence-corrected chi connectivity index (χ0v) is 20.8. The summed E-state index contributed by atoms with van der Waals surface area (Å²) < 4.78 is 13.6. The third-order valence-corrected chi connectivity index (χ3v) is 6.66. The minimum Gasteiger partial charge on any atom is -0.394 e. The van der Waals surface area contributed by atoms with Gasteiger partial charge in [-0.05, 0) is 19.9 Å². The number of aliphatic hydroxyl groups is 2. The highest BCUT2D eigenvalue weighted by Gasteiger charge is 2.31. The molecule has 0 fully saturated rings. The van der Waals surface area contributed by atoms with Crippen LogP contribution in [0, 0.1) is 11.3 Å². The lowest BCUT2D eigenvalue weighted by molar-refractivity contribution is -0.111. The van der Waals surface area contributed by atoms with Crippen LogP contribution in [0.4, 0.5) is 5.13 Å². The third kappa shape index (κ3) is 6.86. The summed E-state index contributed by atoms with van der Waals surface area (Å²) in [5.74, 6) is 0. The van der Waals surface area contributed by atoms with E-state index in [2.05, 4.69) is 20.3 Å². The Hall–Kier alpha value is -2.31. The van der Waals surface area contributed by atoms with Crippen LogP contribution in [0.25, 0.3) is 11.4 Å². The average molecular weight is 526 g/mol. The van der Waals surface area contributed by atoms with Crippen LogP contribution >= 0.6 is 34.7 Å². The summed E-state index contributed by atoms with van der Waals surface area (Å²) in [6.07, 6.45) is 0.651. The standard InChI is InChI=1S/C20H24ClN7O4S2/c1-3-31-16(8-28-7-14(26-27-28)15-10-33-20(23)25-15)19(32-17(9-29)11(2)30)34-18-4-12(21)6-24-13(18)5-22/h4,6-7,10-11,16-17,19,29-30H,3,8-9H2,1-2H3,(H2,23,25)/t11-,16+,17?,19?/m1/s1. The summed E-state index contributed by atoms with van der Waals surface area (Å²) in [6, 6.07) is 3.64. The van der Waals surface area contributed by atoms with Gasteiger partial charge in [0.05, 0.1) is 30.5 Å². The fourth-order valence-electron chi connectivity index (χ4n) is 2.92. The molecule has 14 heteroatoms. The van der Waals surface area contributed by atoms with E-state index in [1.54, 1.807) is 22.3 Å². The van der Waals surface area contributed by atoms with E-state index in [1.807, 2.05) is 13.0 Å². The first-order valence-electron chi connectivity index (χ1n) is 10.2. The fraction of sp³-hybridized carbons (Fsp3) is 0.450. The highest BCUT2D eigenvalue weighted by atomic mass is 35.5. The molecule has 0 aromatic carbocycles. The van der Waals surface area contributed by atoms with Gasteiger partial charge < -0.3 is 25.4 Å². The van der Waals surface area contributed by atoms with Gasteiger partial charge in [-0.15, -0.1) is 16.4 Å². The Morgan fingerprint density at radius 1 is 1.38 bits per heavy atom. The first-order valence-corrected chi connectivity index (χ1v) is 12.4. The number of nitriles is 1. The lowest BCUT2D eigenvalue weighted by atomic mass is 10.2. The Morgan fingerprint density at radius 2 is 2.18 bits per heavy atom. The molecule has 4 N–H and O–H groups in total. The van der Waals surface area contributed by atoms with E-state index in [1.165, 1.54) is 24.5 Å². The topological polar surface area (TPSA) is 165 Å². The van der Waals surface area contributed by atoms with Gasteiger partial charge in [0.25, 0.3) is 0 Å². The number of thiazole rings is 1. The van der Waals surface area contributed by atoms with Crippen molar-refractivity contribution in [1.29, 1.82) is 5.26 Å². The monoisotopic (exact) mass is 525 g/mol. The SMILES string of the molecule is CCO[C@@H](Cn1cc(-c2csc(N)n2)nn1)C(OC(CO)[C@@H](C)O)Sc1cc(Cl)cnc1C#N. The van der Waals surface area contributed by atoms with Crippen molar-refractivity contribution in [2.45, 2.75) is 49.0 Å². The van der Waals surface area contributed by atoms with Gasteiger partial charge in [0, 0.05) is 23.1 Å². The maximum absolute atomic E-state index is 10.0. The first-order chi connectivity index (χ1) is 16.3. The summed E-state index contributed by atoms with van der Waals surface area (Å²) in [6.45, 7) is 3.52. The molecule has 2 unspecified atom stereocenters. The van der Waals surface area contributed by atoms with Crippen molar-refractivity contribution in [3.05, 3.63) is 34.6 Å². The molecule has 11 nitrogen and oxygen atoms in total. The number of halogens is 1. The molecule has 3 heterocycles. The normalized spacial score (nSPS) is 14.9. The molecule has 0 aliphatic rings. The van der Waals surface area contributed by atoms with E-state index in [0.717, 1.165) is 11.8 Å². The Kier molecular flexibility index (Phi) is 9.60. The number of aromatic nitrogens is 5. The highest BCUT2D eigenvalue weighted by Crippen LogP contribution is 2.33. The van der Waals surface area contributed by atoms with Crippen molar-refractivity contribution in [2.75, 3.05) is 18.9 Å². The molecule has 0 saturated heterocycles. The van der Waals surface area contributed by atoms with Crippen LogP contribution in [-0.4, -0.2) is 72.1 Å². The van der Waals surface area contributed by atoms with E-state index in [4.69, 9.17) is 26.8 Å². The molecule has 0 aliphatic carbocycles. The number of ether oxygens (including phenoxy) is 2. The summed E-state index contributed by atoms with van der Waals surface area (Å²) in [5.41, 5.74) is 6.28. The molecule has 0 saturated carbocycles. The second-order valence-electron chi connectivity index (χ2n) is 7.09. The predicted octanol–water partition coefficient (Wildman–Crippen LogP) is 2.19. The van der Waals surface area contributed by atoms with Crippen LogP contribution in [0.2, 0.25) is 5.02 Å². The van der Waals surface area contributed by atoms with Crippen LogP contribution in [0.15, 0.2) is 28.7 Å². The molecule has 0 bridgehead atoms. The van der Waals surface area contributed by atoms with Gasteiger partial charge >= 0.3 is 0 Å². The number of thioether (sulfide) groups is 1. The zero-order valence-electron chi connectivity index (χ0n) is 18.4. The number of nitrogen functional groups attached to an aromatic ring is 1. The number of nitrogens with zero attached hydrogens (tertiary/aromatic N) is 6. The Morgan fingerprint density at radius 3 is 2.79 bits per heavy atom. The molecule has 4 atom stereocenters. The summed E-state index contributed by atoms with van der Waals surface area (Å²) in [7, 11) is 0. The summed E-state index contributed by atoms with van der Waals surface area (Å²) in [5, 5.41) is 40.1. The quantitative estimate of drug-likeness (QED) is 0.234. The number of pyridine rings is 1. The number of aliphatic hydroxyl groups excluding tert-OH is 2. The maximum atomic E-state index is 10.0. The van der Waals surface area contributed by atoms with Gasteiger partial charge in [-0.2, -0.15) is 5.26 Å². The average Bonchev–Trinajstić information content (AvgIpc) is 3.45. The second kappa shape index (κ2) is 12.4. The van der Waals surface area contributed by atoms with Crippen molar-refractivity contribution in [3.63, 3.8) is 0 Å². The lowest BCUT2D eigenvalue weighted by Crippen LogP contribution is -2.40. The molecule has 0 amide bonds. The van der Waals surface area contributed by atoms with Crippen LogP contribution in [0.5, 0.6) is 0 Å². The van der Waals surface area contributed by atoms with Gasteiger partial charge in [-0.1, -0.05) is 28.6 Å². The predicted molar refractivity (Wildman–Crippen MR) is 128 cm³/mol. The Bertz CT molecular complexity index is 1120. The smallest absolute Gasteiger partial charge is 0.180 e. The largest absolute Gasteiger partial charge is 0.394 e. The maximum Gasteiger partial charge on any atom is 0.180 e. The molecular weight excluding hydrogens is 502 g/mol. The fourth-order valence-corrected chi connectivity index (χ4v) is 4.87. The molecule has 34 heavy (non-hydrogen) atoms. The molecule has 0 radical (unpaired) electrons. The van der Waals surface area contributed by atoms with E-state index in [0.29, 0.717) is 33.0 Å². The lowest BCUT2D eigenvalue weighted by Gasteiger charge is -2.31. The molecule has 3 aromatic rings. The minimum absolute atomic E-state index is 0.167. The number of hydrogen-bond donors (Lipinski definition) is 3. The highest BCUT2D eigenvalue weighted by molar-refractivity contribution is 7.99. The number of hydrogen-bond acceptors (Lipinski definition) is 12. The van der Waals surface area contributed by atoms with Crippen molar-refractivity contribution >= 4 is 39.8 Å². The Labute approximate surface area is 209 Å². The van der Waals surface area contributed by atoms with E-state index in [9.17, 15) is 15.5 Å². The van der Waals surface area contributed by atoms with Crippen LogP contribution in [0.3, 0.4) is 0 Å². The molecular formula is C20H24ClN7O4S2. The molecule has 0 aliphatic heterocycles. The van der Waals surface area contributed by atoms with Crippen molar-refractivity contribution in [1.82, 2.24) is 25.0 Å². The van der Waals surface area contributed by atoms with Gasteiger partial charge in [-0.3, -0.25) is 0 Å². The van der Waals surface area contributed by atoms with Gasteiger partial charge in [0.15, 0.2) is 10.8 Å². The van der Waals surface area contributed by atoms with Gasteiger partial charge in [0.2, 0.25) is 0 Å². The van der Waals surface area contributed by atoms with Crippen molar-refractivity contribution in [2.24, 2.45) is 0 Å². The van der Waals surface area contributed by atoms with Crippen molar-refractivity contribution < 1.29 is 19.7 Å². The second-order valence-corrected chi connectivity index (χ2v) is 9.55. The number of anilines is 1. The third-order valence-electron chi connectivity index (χ3n) is 4.57. The zero-order chi connectivity index (χ0) is 24.7. The van der Waals surface area contributed by atoms with Gasteiger partial charge in [-0.25, -0.2) is 14.6 Å². The van der Waals surface area contributed by atoms with E-state index >= 15 is 0 Å². The molecule has 182 valence electrons. The van der Waals surface area contributed by atoms with E-state index < -0.39 is 30.4 Å². The van der Waals surface area contributed by atoms with Crippen molar-refractivity contribution in [3.8, 4) is 17.5 Å². The molecule has 3 aromatic heterocycles. The number of nitrogens with two attached hydrogens (primary N) is 1. The number of rotatable bonds is 12. The van der Waals surface area contributed by atoms with Gasteiger partial charge in [0.1, 0.15) is 35.1 Å². The first kappa shape index (κ1) is 26.3. The molecule has 3 rings (SSSR count). The van der Waals surface area contributed by atoms with E-state index in [-0.39, 0.29) is 12.2 Å². The molecule has 0 spiro atoms. The summed E-state index contributed by atoms with van der Waals surface area (Å²) in [4.78, 5) is 8.75. The minimum atomic E-state index is -0.948. The van der Waals surface area contributed by atoms with Crippen LogP contribution in [0.1, 0.15) is 19.5 Å². The van der Waals surface area contributed by atoms with Crippen LogP contribution in [-0.2, 0) is 16.0 Å². The van der Waals surface area contributed by atoms with Crippen LogP contribution < -0.4 is 5.73 Å². The Balaban J connectivity index is 1.90.